The third kappa shape index (κ3) is 6.02. The summed E-state index contributed by atoms with van der Waals surface area (Å²) in [5.41, 5.74) is 2.08. The molecule has 0 aliphatic rings. The molecule has 3 rings (SSSR count). The van der Waals surface area contributed by atoms with Crippen molar-refractivity contribution in [2.24, 2.45) is 4.99 Å². The fourth-order valence-corrected chi connectivity index (χ4v) is 2.54. The van der Waals surface area contributed by atoms with Crippen LogP contribution in [0.4, 0.5) is 4.39 Å². The van der Waals surface area contributed by atoms with Crippen LogP contribution in [0.25, 0.3) is 5.69 Å². The summed E-state index contributed by atoms with van der Waals surface area (Å²) < 4.78 is 14.9. The van der Waals surface area contributed by atoms with Gasteiger partial charge < -0.3 is 10.6 Å². The summed E-state index contributed by atoms with van der Waals surface area (Å²) in [6.45, 7) is 1.18. The minimum Gasteiger partial charge on any atom is -0.356 e. The van der Waals surface area contributed by atoms with Gasteiger partial charge in [-0.05, 0) is 36.2 Å². The van der Waals surface area contributed by atoms with E-state index in [1.807, 2.05) is 34.9 Å². The number of aliphatic imine (C=N–C) groups is 1. The minimum atomic E-state index is -0.221. The van der Waals surface area contributed by atoms with Crippen LogP contribution < -0.4 is 10.6 Å². The van der Waals surface area contributed by atoms with Gasteiger partial charge in [-0.1, -0.05) is 30.3 Å². The number of guanidine groups is 1. The van der Waals surface area contributed by atoms with Crippen molar-refractivity contribution in [2.75, 3.05) is 13.6 Å². The van der Waals surface area contributed by atoms with Crippen molar-refractivity contribution in [1.82, 2.24) is 25.4 Å². The summed E-state index contributed by atoms with van der Waals surface area (Å²) in [6, 6.07) is 16.4. The van der Waals surface area contributed by atoms with Gasteiger partial charge in [0.05, 0.1) is 6.54 Å². The zero-order chi connectivity index (χ0) is 18.2. The van der Waals surface area contributed by atoms with Crippen LogP contribution in [0.3, 0.4) is 0 Å². The molecule has 2 aromatic carbocycles. The van der Waals surface area contributed by atoms with E-state index in [0.717, 1.165) is 23.5 Å². The number of rotatable bonds is 6. The van der Waals surface area contributed by atoms with Gasteiger partial charge >= 0.3 is 0 Å². The average Bonchev–Trinajstić information content (AvgIpc) is 3.15. The summed E-state index contributed by atoms with van der Waals surface area (Å²) in [7, 11) is 1.72. The SMILES string of the molecule is CN=C(NCCc1ccc(F)cc1)NCc1nncn1-c1ccccc1.I. The van der Waals surface area contributed by atoms with Gasteiger partial charge in [0.15, 0.2) is 11.8 Å². The lowest BCUT2D eigenvalue weighted by molar-refractivity contribution is 0.626. The minimum absolute atomic E-state index is 0. The van der Waals surface area contributed by atoms with E-state index in [9.17, 15) is 4.39 Å². The Kier molecular flexibility index (Phi) is 8.18. The quantitative estimate of drug-likeness (QED) is 0.324. The lowest BCUT2D eigenvalue weighted by atomic mass is 10.1. The summed E-state index contributed by atoms with van der Waals surface area (Å²) >= 11 is 0. The molecule has 8 heteroatoms. The second kappa shape index (κ2) is 10.6. The molecule has 0 spiro atoms. The molecule has 2 N–H and O–H groups in total. The van der Waals surface area contributed by atoms with E-state index >= 15 is 0 Å². The molecule has 0 aliphatic heterocycles. The average molecular weight is 480 g/mol. The van der Waals surface area contributed by atoms with Crippen molar-refractivity contribution in [3.05, 3.63) is 78.1 Å². The summed E-state index contributed by atoms with van der Waals surface area (Å²) in [4.78, 5) is 4.21. The normalized spacial score (nSPS) is 11.0. The molecule has 3 aromatic rings. The zero-order valence-electron chi connectivity index (χ0n) is 15.0. The van der Waals surface area contributed by atoms with Crippen molar-refractivity contribution in [1.29, 1.82) is 0 Å². The van der Waals surface area contributed by atoms with Gasteiger partial charge in [0.25, 0.3) is 0 Å². The maximum Gasteiger partial charge on any atom is 0.191 e. The summed E-state index contributed by atoms with van der Waals surface area (Å²) in [5.74, 6) is 1.24. The molecule has 6 nitrogen and oxygen atoms in total. The molecule has 0 radical (unpaired) electrons. The van der Waals surface area contributed by atoms with Gasteiger partial charge in [-0.25, -0.2) is 4.39 Å². The zero-order valence-corrected chi connectivity index (χ0v) is 17.3. The van der Waals surface area contributed by atoms with E-state index in [1.165, 1.54) is 12.1 Å². The van der Waals surface area contributed by atoms with Crippen molar-refractivity contribution in [2.45, 2.75) is 13.0 Å². The molecule has 142 valence electrons. The largest absolute Gasteiger partial charge is 0.356 e. The Morgan fingerprint density at radius 2 is 1.81 bits per heavy atom. The first-order chi connectivity index (χ1) is 12.8. The third-order valence-corrected chi connectivity index (χ3v) is 3.91. The molecule has 0 fully saturated rings. The molecule has 1 heterocycles. The first-order valence-corrected chi connectivity index (χ1v) is 8.39. The van der Waals surface area contributed by atoms with Gasteiger partial charge in [0.2, 0.25) is 0 Å². The van der Waals surface area contributed by atoms with Crippen molar-refractivity contribution >= 4 is 29.9 Å². The fraction of sp³-hybridized carbons (Fsp3) is 0.211. The Morgan fingerprint density at radius 1 is 1.07 bits per heavy atom. The number of nitrogens with one attached hydrogen (secondary N) is 2. The Morgan fingerprint density at radius 3 is 2.52 bits per heavy atom. The molecule has 27 heavy (non-hydrogen) atoms. The topological polar surface area (TPSA) is 67.1 Å². The predicted octanol–water partition coefficient (Wildman–Crippen LogP) is 2.93. The Bertz CT molecular complexity index is 848. The highest BCUT2D eigenvalue weighted by Crippen LogP contribution is 2.08. The molecule has 0 unspecified atom stereocenters. The van der Waals surface area contributed by atoms with E-state index in [1.54, 1.807) is 25.5 Å². The second-order valence-corrected chi connectivity index (χ2v) is 5.68. The van der Waals surface area contributed by atoms with E-state index in [-0.39, 0.29) is 29.8 Å². The Labute approximate surface area is 175 Å². The van der Waals surface area contributed by atoms with Gasteiger partial charge in [-0.15, -0.1) is 34.2 Å². The van der Waals surface area contributed by atoms with Crippen molar-refractivity contribution < 1.29 is 4.39 Å². The molecule has 0 saturated carbocycles. The van der Waals surface area contributed by atoms with Crippen LogP contribution in [-0.2, 0) is 13.0 Å². The highest BCUT2D eigenvalue weighted by atomic mass is 127. The molecule has 0 saturated heterocycles. The third-order valence-electron chi connectivity index (χ3n) is 3.91. The molecule has 0 atom stereocenters. The second-order valence-electron chi connectivity index (χ2n) is 5.68. The van der Waals surface area contributed by atoms with Crippen LogP contribution in [-0.4, -0.2) is 34.3 Å². The highest BCUT2D eigenvalue weighted by molar-refractivity contribution is 14.0. The Balaban J connectivity index is 0.00000261. The number of halogens is 2. The van der Waals surface area contributed by atoms with E-state index in [2.05, 4.69) is 25.8 Å². The van der Waals surface area contributed by atoms with Crippen LogP contribution >= 0.6 is 24.0 Å². The molecule has 0 bridgehead atoms. The number of hydrogen-bond acceptors (Lipinski definition) is 3. The predicted molar refractivity (Wildman–Crippen MR) is 115 cm³/mol. The van der Waals surface area contributed by atoms with Crippen molar-refractivity contribution in [3.8, 4) is 5.69 Å². The van der Waals surface area contributed by atoms with Crippen LogP contribution in [0.5, 0.6) is 0 Å². The fourth-order valence-electron chi connectivity index (χ4n) is 2.54. The summed E-state index contributed by atoms with van der Waals surface area (Å²) in [5, 5.41) is 14.6. The van der Waals surface area contributed by atoms with Crippen LogP contribution in [0.15, 0.2) is 65.9 Å². The standard InChI is InChI=1S/C19H21FN6.HI/c1-21-19(22-12-11-15-7-9-16(20)10-8-15)23-13-18-25-24-14-26(18)17-5-3-2-4-6-17;/h2-10,14H,11-13H2,1H3,(H2,21,22,23);1H. The first kappa shape index (κ1) is 20.8. The molecule has 0 aliphatic carbocycles. The lowest BCUT2D eigenvalue weighted by Crippen LogP contribution is -2.38. The number of aromatic nitrogens is 3. The van der Waals surface area contributed by atoms with Crippen LogP contribution in [0.2, 0.25) is 0 Å². The Hall–Kier alpha value is -2.49. The van der Waals surface area contributed by atoms with Gasteiger partial charge in [-0.2, -0.15) is 0 Å². The molecular weight excluding hydrogens is 458 g/mol. The lowest BCUT2D eigenvalue weighted by Gasteiger charge is -2.12. The van der Waals surface area contributed by atoms with E-state index in [0.29, 0.717) is 19.0 Å². The molecular formula is C19H22FIN6. The number of para-hydroxylation sites is 1. The molecule has 1 aromatic heterocycles. The molecule has 0 amide bonds. The van der Waals surface area contributed by atoms with E-state index in [4.69, 9.17) is 0 Å². The number of nitrogens with zero attached hydrogens (tertiary/aromatic N) is 4. The maximum atomic E-state index is 12.9. The maximum absolute atomic E-state index is 12.9. The van der Waals surface area contributed by atoms with Gasteiger partial charge in [0.1, 0.15) is 12.1 Å². The van der Waals surface area contributed by atoms with Gasteiger partial charge in [-0.3, -0.25) is 9.56 Å². The smallest absolute Gasteiger partial charge is 0.191 e. The monoisotopic (exact) mass is 480 g/mol. The highest BCUT2D eigenvalue weighted by Gasteiger charge is 2.07. The van der Waals surface area contributed by atoms with Crippen molar-refractivity contribution in [3.63, 3.8) is 0 Å². The number of benzene rings is 2. The van der Waals surface area contributed by atoms with Gasteiger partial charge in [0, 0.05) is 19.3 Å². The first-order valence-electron chi connectivity index (χ1n) is 8.39. The van der Waals surface area contributed by atoms with Crippen LogP contribution in [0.1, 0.15) is 11.4 Å². The van der Waals surface area contributed by atoms with E-state index < -0.39 is 0 Å². The summed E-state index contributed by atoms with van der Waals surface area (Å²) in [6.07, 6.45) is 2.47. The van der Waals surface area contributed by atoms with Crippen LogP contribution in [0, 0.1) is 5.82 Å². The number of hydrogen-bond donors (Lipinski definition) is 2.